The molecule has 1 fully saturated rings. The third kappa shape index (κ3) is 3.41. The van der Waals surface area contributed by atoms with Crippen LogP contribution in [0.3, 0.4) is 0 Å². The Labute approximate surface area is 134 Å². The van der Waals surface area contributed by atoms with Gasteiger partial charge in [0.2, 0.25) is 0 Å². The second-order valence-electron chi connectivity index (χ2n) is 5.63. The number of ether oxygens (including phenoxy) is 1. The number of carboxylic acid groups (broad SMARTS) is 1. The van der Waals surface area contributed by atoms with Gasteiger partial charge in [-0.15, -0.1) is 10.2 Å². The van der Waals surface area contributed by atoms with Crippen LogP contribution in [-0.4, -0.2) is 41.5 Å². The molecule has 0 spiro atoms. The number of aliphatic carboxylic acids is 1. The van der Waals surface area contributed by atoms with Gasteiger partial charge >= 0.3 is 5.97 Å². The smallest absolute Gasteiger partial charge is 0.308 e. The summed E-state index contributed by atoms with van der Waals surface area (Å²) in [6.45, 7) is 1.31. The van der Waals surface area contributed by atoms with Crippen molar-refractivity contribution in [2.45, 2.75) is 12.8 Å². The minimum atomic E-state index is -0.740. The Morgan fingerprint density at radius 1 is 1.30 bits per heavy atom. The fourth-order valence-electron chi connectivity index (χ4n) is 2.82. The summed E-state index contributed by atoms with van der Waals surface area (Å²) in [7, 11) is 1.63. The van der Waals surface area contributed by atoms with E-state index in [9.17, 15) is 9.90 Å². The molecular weight excluding hydrogens is 294 g/mol. The second kappa shape index (κ2) is 6.64. The Morgan fingerprint density at radius 2 is 2.17 bits per heavy atom. The van der Waals surface area contributed by atoms with E-state index >= 15 is 0 Å². The van der Waals surface area contributed by atoms with E-state index in [0.717, 1.165) is 42.2 Å². The molecule has 120 valence electrons. The van der Waals surface area contributed by atoms with Gasteiger partial charge in [-0.05, 0) is 37.1 Å². The Hall–Kier alpha value is -2.63. The first-order valence-electron chi connectivity index (χ1n) is 7.63. The first-order valence-corrected chi connectivity index (χ1v) is 7.63. The number of nitrogens with zero attached hydrogens (tertiary/aromatic N) is 3. The summed E-state index contributed by atoms with van der Waals surface area (Å²) >= 11 is 0. The number of aromatic nitrogens is 2. The first-order chi connectivity index (χ1) is 11.2. The normalized spacial score (nSPS) is 17.8. The third-order valence-electron chi connectivity index (χ3n) is 4.11. The highest BCUT2D eigenvalue weighted by Gasteiger charge is 2.26. The average molecular weight is 313 g/mol. The number of methoxy groups -OCH3 is 1. The molecule has 1 aliphatic rings. The van der Waals surface area contributed by atoms with E-state index in [2.05, 4.69) is 10.2 Å². The number of piperidine rings is 1. The molecule has 6 nitrogen and oxygen atoms in total. The largest absolute Gasteiger partial charge is 0.497 e. The fraction of sp³-hybridized carbons (Fsp3) is 0.353. The number of hydrogen-bond donors (Lipinski definition) is 1. The summed E-state index contributed by atoms with van der Waals surface area (Å²) in [5.41, 5.74) is 1.70. The quantitative estimate of drug-likeness (QED) is 0.934. The minimum Gasteiger partial charge on any atom is -0.497 e. The highest BCUT2D eigenvalue weighted by Crippen LogP contribution is 2.25. The number of carboxylic acids is 1. The van der Waals surface area contributed by atoms with Crippen LogP contribution in [0.15, 0.2) is 36.4 Å². The van der Waals surface area contributed by atoms with Crippen molar-refractivity contribution < 1.29 is 14.6 Å². The number of anilines is 1. The molecule has 0 radical (unpaired) electrons. The maximum Gasteiger partial charge on any atom is 0.308 e. The Kier molecular flexibility index (Phi) is 4.41. The van der Waals surface area contributed by atoms with Crippen LogP contribution in [-0.2, 0) is 4.79 Å². The SMILES string of the molecule is COc1cccc(-c2ccc(N3CCCC(C(=O)O)C3)nn2)c1. The van der Waals surface area contributed by atoms with Crippen molar-refractivity contribution in [2.24, 2.45) is 5.92 Å². The molecule has 1 aromatic carbocycles. The van der Waals surface area contributed by atoms with Gasteiger partial charge in [-0.25, -0.2) is 0 Å². The van der Waals surface area contributed by atoms with E-state index in [1.165, 1.54) is 0 Å². The van der Waals surface area contributed by atoms with Crippen LogP contribution in [0.1, 0.15) is 12.8 Å². The van der Waals surface area contributed by atoms with Crippen molar-refractivity contribution >= 4 is 11.8 Å². The van der Waals surface area contributed by atoms with Crippen molar-refractivity contribution in [3.05, 3.63) is 36.4 Å². The van der Waals surface area contributed by atoms with E-state index in [4.69, 9.17) is 4.74 Å². The summed E-state index contributed by atoms with van der Waals surface area (Å²) in [6, 6.07) is 11.4. The summed E-state index contributed by atoms with van der Waals surface area (Å²) in [4.78, 5) is 13.1. The van der Waals surface area contributed by atoms with Gasteiger partial charge in [0.05, 0.1) is 18.7 Å². The van der Waals surface area contributed by atoms with Crippen LogP contribution < -0.4 is 9.64 Å². The molecule has 1 atom stereocenters. The summed E-state index contributed by atoms with van der Waals surface area (Å²) in [6.07, 6.45) is 1.58. The van der Waals surface area contributed by atoms with Gasteiger partial charge < -0.3 is 14.7 Å². The molecule has 2 aromatic rings. The fourth-order valence-corrected chi connectivity index (χ4v) is 2.82. The van der Waals surface area contributed by atoms with E-state index in [-0.39, 0.29) is 5.92 Å². The zero-order chi connectivity index (χ0) is 16.2. The van der Waals surface area contributed by atoms with Crippen molar-refractivity contribution in [1.29, 1.82) is 0 Å². The third-order valence-corrected chi connectivity index (χ3v) is 4.11. The van der Waals surface area contributed by atoms with Gasteiger partial charge in [-0.1, -0.05) is 12.1 Å². The Balaban J connectivity index is 1.77. The first kappa shape index (κ1) is 15.3. The lowest BCUT2D eigenvalue weighted by Crippen LogP contribution is -2.39. The molecule has 1 unspecified atom stereocenters. The van der Waals surface area contributed by atoms with E-state index in [1.54, 1.807) is 7.11 Å². The predicted molar refractivity (Wildman–Crippen MR) is 86.6 cm³/mol. The molecule has 0 bridgehead atoms. The highest BCUT2D eigenvalue weighted by atomic mass is 16.5. The Bertz CT molecular complexity index is 688. The summed E-state index contributed by atoms with van der Waals surface area (Å²) in [5.74, 6) is 0.426. The summed E-state index contributed by atoms with van der Waals surface area (Å²) in [5, 5.41) is 17.7. The Morgan fingerprint density at radius 3 is 2.87 bits per heavy atom. The second-order valence-corrected chi connectivity index (χ2v) is 5.63. The molecule has 6 heteroatoms. The lowest BCUT2D eigenvalue weighted by atomic mass is 9.98. The van der Waals surface area contributed by atoms with Crippen LogP contribution in [0.25, 0.3) is 11.3 Å². The lowest BCUT2D eigenvalue weighted by molar-refractivity contribution is -0.141. The molecule has 1 aliphatic heterocycles. The van der Waals surface area contributed by atoms with E-state index < -0.39 is 5.97 Å². The molecule has 1 N–H and O–H groups in total. The van der Waals surface area contributed by atoms with Gasteiger partial charge in [0.25, 0.3) is 0 Å². The topological polar surface area (TPSA) is 75.5 Å². The van der Waals surface area contributed by atoms with E-state index in [1.807, 2.05) is 41.3 Å². The number of hydrogen-bond acceptors (Lipinski definition) is 5. The van der Waals surface area contributed by atoms with Gasteiger partial charge in [-0.3, -0.25) is 4.79 Å². The van der Waals surface area contributed by atoms with Crippen LogP contribution in [0, 0.1) is 5.92 Å². The van der Waals surface area contributed by atoms with Gasteiger partial charge in [0, 0.05) is 18.7 Å². The van der Waals surface area contributed by atoms with Gasteiger partial charge in [-0.2, -0.15) is 0 Å². The zero-order valence-corrected chi connectivity index (χ0v) is 13.0. The molecule has 0 saturated carbocycles. The van der Waals surface area contributed by atoms with Crippen molar-refractivity contribution in [1.82, 2.24) is 10.2 Å². The number of carbonyl (C=O) groups is 1. The molecule has 1 aromatic heterocycles. The standard InChI is InChI=1S/C17H19N3O3/c1-23-14-6-2-4-12(10-14)15-7-8-16(19-18-15)20-9-3-5-13(11-20)17(21)22/h2,4,6-8,10,13H,3,5,9,11H2,1H3,(H,21,22). The van der Waals surface area contributed by atoms with Crippen LogP contribution in [0.5, 0.6) is 5.75 Å². The number of benzene rings is 1. The highest BCUT2D eigenvalue weighted by molar-refractivity contribution is 5.71. The monoisotopic (exact) mass is 313 g/mol. The molecule has 0 amide bonds. The molecule has 23 heavy (non-hydrogen) atoms. The predicted octanol–water partition coefficient (Wildman–Crippen LogP) is 2.45. The zero-order valence-electron chi connectivity index (χ0n) is 13.0. The van der Waals surface area contributed by atoms with Crippen LogP contribution in [0.4, 0.5) is 5.82 Å². The van der Waals surface area contributed by atoms with Crippen LogP contribution >= 0.6 is 0 Å². The molecule has 3 rings (SSSR count). The molecule has 0 aliphatic carbocycles. The van der Waals surface area contributed by atoms with Gasteiger partial charge in [0.15, 0.2) is 5.82 Å². The van der Waals surface area contributed by atoms with Crippen molar-refractivity contribution in [3.8, 4) is 17.0 Å². The molecule has 1 saturated heterocycles. The van der Waals surface area contributed by atoms with Crippen LogP contribution in [0.2, 0.25) is 0 Å². The van der Waals surface area contributed by atoms with Crippen molar-refractivity contribution in [3.63, 3.8) is 0 Å². The lowest BCUT2D eigenvalue weighted by Gasteiger charge is -2.31. The van der Waals surface area contributed by atoms with E-state index in [0.29, 0.717) is 6.54 Å². The average Bonchev–Trinajstić information content (AvgIpc) is 2.62. The minimum absolute atomic E-state index is 0.330. The molecular formula is C17H19N3O3. The van der Waals surface area contributed by atoms with Gasteiger partial charge in [0.1, 0.15) is 5.75 Å². The maximum atomic E-state index is 11.2. The molecule has 2 heterocycles. The van der Waals surface area contributed by atoms with Crippen molar-refractivity contribution in [2.75, 3.05) is 25.1 Å². The number of rotatable bonds is 4. The maximum absolute atomic E-state index is 11.2. The summed E-state index contributed by atoms with van der Waals surface area (Å²) < 4.78 is 5.22.